The number of carbonyl (C=O) groups excluding carboxylic acids is 1. The summed E-state index contributed by atoms with van der Waals surface area (Å²) in [4.78, 5) is 24.0. The van der Waals surface area contributed by atoms with Gasteiger partial charge in [-0.05, 0) is 45.1 Å². The maximum atomic E-state index is 12.3. The number of rotatable bonds is 6. The summed E-state index contributed by atoms with van der Waals surface area (Å²) in [5, 5.41) is 12.6. The Kier molecular flexibility index (Phi) is 4.08. The summed E-state index contributed by atoms with van der Waals surface area (Å²) >= 11 is 0. The van der Waals surface area contributed by atoms with Crippen molar-refractivity contribution in [3.63, 3.8) is 0 Å². The highest BCUT2D eigenvalue weighted by Gasteiger charge is 2.42. The van der Waals surface area contributed by atoms with Gasteiger partial charge in [0.25, 0.3) is 0 Å². The van der Waals surface area contributed by atoms with Crippen molar-refractivity contribution in [1.82, 2.24) is 5.32 Å². The molecular weight excluding hydrogens is 266 g/mol. The Morgan fingerprint density at radius 2 is 1.76 bits per heavy atom. The number of aliphatic carboxylic acids is 1. The fourth-order valence-electron chi connectivity index (χ4n) is 2.74. The molecule has 0 bridgehead atoms. The molecule has 1 saturated carbocycles. The summed E-state index contributed by atoms with van der Waals surface area (Å²) < 4.78 is 0. The Morgan fingerprint density at radius 3 is 2.24 bits per heavy atom. The zero-order chi connectivity index (χ0) is 15.7. The van der Waals surface area contributed by atoms with Gasteiger partial charge in [-0.15, -0.1) is 0 Å². The molecule has 1 fully saturated rings. The van der Waals surface area contributed by atoms with Gasteiger partial charge in [0.1, 0.15) is 0 Å². The molecule has 0 aliphatic heterocycles. The Balaban J connectivity index is 2.13. The van der Waals surface area contributed by atoms with Gasteiger partial charge < -0.3 is 10.4 Å². The monoisotopic (exact) mass is 289 g/mol. The lowest BCUT2D eigenvalue weighted by Gasteiger charge is -2.30. The van der Waals surface area contributed by atoms with Gasteiger partial charge in [-0.25, -0.2) is 0 Å². The number of amides is 1. The highest BCUT2D eigenvalue weighted by atomic mass is 16.4. The molecule has 0 radical (unpaired) electrons. The lowest BCUT2D eigenvalue weighted by atomic mass is 9.79. The first-order chi connectivity index (χ1) is 9.75. The van der Waals surface area contributed by atoms with Crippen LogP contribution in [0.2, 0.25) is 0 Å². The maximum absolute atomic E-state index is 12.3. The molecule has 0 saturated heterocycles. The first-order valence-corrected chi connectivity index (χ1v) is 7.35. The molecule has 2 rings (SSSR count). The normalized spacial score (nSPS) is 17.9. The van der Waals surface area contributed by atoms with E-state index in [1.165, 1.54) is 0 Å². The van der Waals surface area contributed by atoms with E-state index in [0.29, 0.717) is 11.5 Å². The fraction of sp³-hybridized carbons (Fsp3) is 0.529. The molecule has 1 atom stereocenters. The number of carboxylic acid groups (broad SMARTS) is 1. The number of hydrogen-bond donors (Lipinski definition) is 2. The van der Waals surface area contributed by atoms with E-state index in [1.807, 2.05) is 19.9 Å². The molecule has 114 valence electrons. The fourth-order valence-corrected chi connectivity index (χ4v) is 2.74. The minimum absolute atomic E-state index is 0.0531. The van der Waals surface area contributed by atoms with Gasteiger partial charge in [0.2, 0.25) is 5.91 Å². The van der Waals surface area contributed by atoms with Gasteiger partial charge >= 0.3 is 5.97 Å². The van der Waals surface area contributed by atoms with Gasteiger partial charge in [-0.3, -0.25) is 9.59 Å². The van der Waals surface area contributed by atoms with E-state index in [1.54, 1.807) is 31.2 Å². The highest BCUT2D eigenvalue weighted by Crippen LogP contribution is 2.39. The largest absolute Gasteiger partial charge is 0.481 e. The lowest BCUT2D eigenvalue weighted by Crippen LogP contribution is -2.48. The minimum atomic E-state index is -1.20. The number of carbonyl (C=O) groups is 2. The number of carboxylic acids is 1. The first kappa shape index (κ1) is 15.5. The van der Waals surface area contributed by atoms with Crippen LogP contribution in [0.4, 0.5) is 0 Å². The van der Waals surface area contributed by atoms with E-state index in [9.17, 15) is 14.7 Å². The molecule has 1 aliphatic carbocycles. The molecule has 4 nitrogen and oxygen atoms in total. The molecule has 0 heterocycles. The first-order valence-electron chi connectivity index (χ1n) is 7.35. The second-order valence-corrected chi connectivity index (χ2v) is 6.72. The van der Waals surface area contributed by atoms with E-state index in [4.69, 9.17) is 0 Å². The molecule has 1 amide bonds. The summed E-state index contributed by atoms with van der Waals surface area (Å²) in [6.07, 6.45) is 2.20. The highest BCUT2D eigenvalue weighted by molar-refractivity contribution is 5.89. The zero-order valence-corrected chi connectivity index (χ0v) is 12.8. The summed E-state index contributed by atoms with van der Waals surface area (Å²) in [5.41, 5.74) is -0.810. The number of nitrogens with one attached hydrogen (secondary N) is 1. The lowest BCUT2D eigenvalue weighted by molar-refractivity contribution is -0.145. The van der Waals surface area contributed by atoms with Crippen molar-refractivity contribution >= 4 is 11.9 Å². The molecular formula is C17H23NO3. The van der Waals surface area contributed by atoms with Crippen LogP contribution in [0.5, 0.6) is 0 Å². The average molecular weight is 289 g/mol. The van der Waals surface area contributed by atoms with Crippen molar-refractivity contribution in [2.24, 2.45) is 5.92 Å². The topological polar surface area (TPSA) is 66.4 Å². The van der Waals surface area contributed by atoms with Crippen LogP contribution in [0, 0.1) is 5.92 Å². The summed E-state index contributed by atoms with van der Waals surface area (Å²) in [5.74, 6) is -0.678. The standard InChI is InChI=1S/C17H23NO3/c1-16(2,12-9-10-12)18-14(19)11-17(3,15(20)21)13-7-5-4-6-8-13/h4-8,12H,9-11H2,1-3H3,(H,18,19)(H,20,21). The van der Waals surface area contributed by atoms with Crippen LogP contribution in [-0.2, 0) is 15.0 Å². The maximum Gasteiger partial charge on any atom is 0.314 e. The van der Waals surface area contributed by atoms with Crippen molar-refractivity contribution in [1.29, 1.82) is 0 Å². The summed E-state index contributed by atoms with van der Waals surface area (Å²) in [6, 6.07) is 8.94. The average Bonchev–Trinajstić information content (AvgIpc) is 3.23. The smallest absolute Gasteiger partial charge is 0.314 e. The molecule has 1 aliphatic rings. The Morgan fingerprint density at radius 1 is 1.19 bits per heavy atom. The quantitative estimate of drug-likeness (QED) is 0.846. The third-order valence-corrected chi connectivity index (χ3v) is 4.46. The molecule has 1 aromatic rings. The zero-order valence-electron chi connectivity index (χ0n) is 12.8. The van der Waals surface area contributed by atoms with Crippen molar-refractivity contribution in [3.8, 4) is 0 Å². The van der Waals surface area contributed by atoms with Crippen molar-refractivity contribution in [2.75, 3.05) is 0 Å². The Hall–Kier alpha value is -1.84. The molecule has 21 heavy (non-hydrogen) atoms. The SMILES string of the molecule is CC(CC(=O)NC(C)(C)C1CC1)(C(=O)O)c1ccccc1. The molecule has 2 N–H and O–H groups in total. The Bertz CT molecular complexity index is 534. The van der Waals surface area contributed by atoms with E-state index in [-0.39, 0.29) is 17.9 Å². The van der Waals surface area contributed by atoms with E-state index >= 15 is 0 Å². The third kappa shape index (κ3) is 3.43. The van der Waals surface area contributed by atoms with Crippen LogP contribution in [0.3, 0.4) is 0 Å². The van der Waals surface area contributed by atoms with Crippen LogP contribution in [-0.4, -0.2) is 22.5 Å². The molecule has 1 aromatic carbocycles. The second kappa shape index (κ2) is 5.51. The number of hydrogen-bond acceptors (Lipinski definition) is 2. The Labute approximate surface area is 125 Å². The van der Waals surface area contributed by atoms with Crippen LogP contribution >= 0.6 is 0 Å². The van der Waals surface area contributed by atoms with Crippen molar-refractivity contribution < 1.29 is 14.7 Å². The van der Waals surface area contributed by atoms with Crippen LogP contribution in [0.15, 0.2) is 30.3 Å². The van der Waals surface area contributed by atoms with Gasteiger partial charge in [-0.2, -0.15) is 0 Å². The summed E-state index contributed by atoms with van der Waals surface area (Å²) in [7, 11) is 0. The molecule has 0 spiro atoms. The predicted molar refractivity (Wildman–Crippen MR) is 81.0 cm³/mol. The molecule has 4 heteroatoms. The summed E-state index contributed by atoms with van der Waals surface area (Å²) in [6.45, 7) is 5.61. The van der Waals surface area contributed by atoms with Gasteiger partial charge in [0, 0.05) is 12.0 Å². The van der Waals surface area contributed by atoms with Gasteiger partial charge in [-0.1, -0.05) is 30.3 Å². The van der Waals surface area contributed by atoms with Gasteiger partial charge in [0.05, 0.1) is 5.41 Å². The van der Waals surface area contributed by atoms with Crippen LogP contribution < -0.4 is 5.32 Å². The van der Waals surface area contributed by atoms with E-state index in [0.717, 1.165) is 12.8 Å². The minimum Gasteiger partial charge on any atom is -0.481 e. The number of benzene rings is 1. The second-order valence-electron chi connectivity index (χ2n) is 6.72. The molecule has 1 unspecified atom stereocenters. The van der Waals surface area contributed by atoms with Crippen molar-refractivity contribution in [3.05, 3.63) is 35.9 Å². The molecule has 0 aromatic heterocycles. The van der Waals surface area contributed by atoms with Crippen LogP contribution in [0.25, 0.3) is 0 Å². The van der Waals surface area contributed by atoms with E-state index < -0.39 is 11.4 Å². The van der Waals surface area contributed by atoms with Gasteiger partial charge in [0.15, 0.2) is 0 Å². The van der Waals surface area contributed by atoms with Crippen LogP contribution in [0.1, 0.15) is 45.6 Å². The van der Waals surface area contributed by atoms with Crippen molar-refractivity contribution in [2.45, 2.75) is 51.0 Å². The van der Waals surface area contributed by atoms with E-state index in [2.05, 4.69) is 5.32 Å². The third-order valence-electron chi connectivity index (χ3n) is 4.46. The predicted octanol–water partition coefficient (Wildman–Crippen LogP) is 2.72.